The minimum Gasteiger partial charge on any atom is -0.435 e. The summed E-state index contributed by atoms with van der Waals surface area (Å²) in [6, 6.07) is 0. The van der Waals surface area contributed by atoms with E-state index in [-0.39, 0.29) is 12.0 Å². The van der Waals surface area contributed by atoms with Gasteiger partial charge in [-0.2, -0.15) is 0 Å². The van der Waals surface area contributed by atoms with Crippen molar-refractivity contribution < 1.29 is 34.1 Å². The van der Waals surface area contributed by atoms with Crippen molar-refractivity contribution in [2.24, 2.45) is 28.1 Å². The van der Waals surface area contributed by atoms with Gasteiger partial charge in [-0.3, -0.25) is 14.4 Å². The standard InChI is InChI=1S/C21H26O7/c1-4-5-6-7-27-15(23)14-18(2,3)9-13-20-11-19(20,16(24)28-17(20)25)12(10-22)8-21(13,14)26/h6-8,10,13-14,16,24,26H,4-5,9,11H2,1-3H3/b7-6+/t13-,14-,16+,19+,20-,21-/m1/s1. The van der Waals surface area contributed by atoms with E-state index in [0.717, 1.165) is 12.8 Å². The number of esters is 2. The normalized spacial score (nSPS) is 45.0. The third-order valence-corrected chi connectivity index (χ3v) is 7.36. The molecule has 6 atom stereocenters. The maximum Gasteiger partial charge on any atom is 0.317 e. The van der Waals surface area contributed by atoms with Crippen LogP contribution in [-0.2, 0) is 23.9 Å². The smallest absolute Gasteiger partial charge is 0.317 e. The van der Waals surface area contributed by atoms with Crippen LogP contribution in [0.25, 0.3) is 0 Å². The number of ether oxygens (including phenoxy) is 2. The molecule has 0 radical (unpaired) electrons. The molecular weight excluding hydrogens is 364 g/mol. The fraction of sp³-hybridized carbons (Fsp3) is 0.667. The summed E-state index contributed by atoms with van der Waals surface area (Å²) in [5.74, 6) is -2.80. The molecule has 2 saturated carbocycles. The maximum absolute atomic E-state index is 12.9. The average Bonchev–Trinajstić information content (AvgIpc) is 3.22. The summed E-state index contributed by atoms with van der Waals surface area (Å²) in [6.07, 6.45) is 5.87. The van der Waals surface area contributed by atoms with Gasteiger partial charge in [-0.15, -0.1) is 0 Å². The van der Waals surface area contributed by atoms with Gasteiger partial charge < -0.3 is 19.7 Å². The van der Waals surface area contributed by atoms with Crippen molar-refractivity contribution in [1.29, 1.82) is 0 Å². The number of carbonyl (C=O) groups is 3. The van der Waals surface area contributed by atoms with E-state index in [4.69, 9.17) is 9.47 Å². The van der Waals surface area contributed by atoms with Crippen molar-refractivity contribution in [3.05, 3.63) is 24.0 Å². The number of hydrogen-bond acceptors (Lipinski definition) is 7. The summed E-state index contributed by atoms with van der Waals surface area (Å²) in [5, 5.41) is 22.0. The zero-order valence-corrected chi connectivity index (χ0v) is 16.3. The predicted octanol–water partition coefficient (Wildman–Crippen LogP) is 1.63. The van der Waals surface area contributed by atoms with E-state index in [1.165, 1.54) is 12.3 Å². The van der Waals surface area contributed by atoms with E-state index in [9.17, 15) is 24.6 Å². The minimum atomic E-state index is -1.72. The first-order valence-corrected chi connectivity index (χ1v) is 9.77. The van der Waals surface area contributed by atoms with Crippen LogP contribution in [0.15, 0.2) is 24.0 Å². The zero-order chi connectivity index (χ0) is 20.5. The summed E-state index contributed by atoms with van der Waals surface area (Å²) >= 11 is 0. The average molecular weight is 390 g/mol. The molecule has 0 aromatic heterocycles. The molecule has 2 N–H and O–H groups in total. The highest BCUT2D eigenvalue weighted by atomic mass is 16.6. The quantitative estimate of drug-likeness (QED) is 0.417. The summed E-state index contributed by atoms with van der Waals surface area (Å²) in [4.78, 5) is 37.4. The Kier molecular flexibility index (Phi) is 3.98. The topological polar surface area (TPSA) is 110 Å². The molecule has 0 unspecified atom stereocenters. The van der Waals surface area contributed by atoms with Crippen molar-refractivity contribution in [2.45, 2.75) is 58.3 Å². The van der Waals surface area contributed by atoms with Gasteiger partial charge in [0.05, 0.1) is 23.0 Å². The van der Waals surface area contributed by atoms with Gasteiger partial charge in [0.15, 0.2) is 0 Å². The molecule has 28 heavy (non-hydrogen) atoms. The predicted molar refractivity (Wildman–Crippen MR) is 96.2 cm³/mol. The summed E-state index contributed by atoms with van der Waals surface area (Å²) < 4.78 is 10.4. The molecule has 1 saturated heterocycles. The molecule has 7 heteroatoms. The highest BCUT2D eigenvalue weighted by Gasteiger charge is 2.90. The van der Waals surface area contributed by atoms with Crippen molar-refractivity contribution >= 4 is 18.2 Å². The second-order valence-electron chi connectivity index (χ2n) is 9.26. The van der Waals surface area contributed by atoms with Crippen molar-refractivity contribution in [2.75, 3.05) is 0 Å². The Morgan fingerprint density at radius 1 is 1.39 bits per heavy atom. The van der Waals surface area contributed by atoms with E-state index >= 15 is 0 Å². The molecule has 0 amide bonds. The van der Waals surface area contributed by atoms with Gasteiger partial charge >= 0.3 is 11.9 Å². The molecule has 4 aliphatic rings. The largest absolute Gasteiger partial charge is 0.435 e. The van der Waals surface area contributed by atoms with Gasteiger partial charge in [0.25, 0.3) is 0 Å². The third-order valence-electron chi connectivity index (χ3n) is 7.36. The van der Waals surface area contributed by atoms with E-state index < -0.39 is 51.9 Å². The van der Waals surface area contributed by atoms with Gasteiger partial charge in [-0.1, -0.05) is 27.2 Å². The van der Waals surface area contributed by atoms with Crippen LogP contribution < -0.4 is 0 Å². The number of aliphatic hydroxyl groups excluding tert-OH is 1. The molecular formula is C21H26O7. The number of unbranched alkanes of at least 4 members (excludes halogenated alkanes) is 1. The molecule has 0 aromatic carbocycles. The summed E-state index contributed by atoms with van der Waals surface area (Å²) in [7, 11) is 0. The molecule has 3 aliphatic carbocycles. The van der Waals surface area contributed by atoms with Crippen molar-refractivity contribution in [3.8, 4) is 0 Å². The summed E-state index contributed by atoms with van der Waals surface area (Å²) in [5.41, 5.74) is -4.56. The van der Waals surface area contributed by atoms with Gasteiger partial charge in [-0.05, 0) is 36.8 Å². The van der Waals surface area contributed by atoms with Gasteiger partial charge in [-0.25, -0.2) is 0 Å². The first kappa shape index (κ1) is 19.3. The Morgan fingerprint density at radius 2 is 2.11 bits per heavy atom. The van der Waals surface area contributed by atoms with Crippen LogP contribution in [0.5, 0.6) is 0 Å². The van der Waals surface area contributed by atoms with Crippen LogP contribution in [0.3, 0.4) is 0 Å². The Hall–Kier alpha value is -1.99. The molecule has 3 fully saturated rings. The molecule has 0 aromatic rings. The fourth-order valence-electron chi connectivity index (χ4n) is 6.17. The van der Waals surface area contributed by atoms with Crippen LogP contribution in [0, 0.1) is 28.1 Å². The monoisotopic (exact) mass is 390 g/mol. The molecule has 7 nitrogen and oxygen atoms in total. The number of aldehydes is 1. The number of carbonyl (C=O) groups excluding carboxylic acids is 3. The lowest BCUT2D eigenvalue weighted by Crippen LogP contribution is -2.52. The zero-order valence-electron chi connectivity index (χ0n) is 16.3. The van der Waals surface area contributed by atoms with Crippen LogP contribution in [0.4, 0.5) is 0 Å². The molecule has 1 aliphatic heterocycles. The number of hydrogen-bond donors (Lipinski definition) is 2. The highest BCUT2D eigenvalue weighted by Crippen LogP contribution is 2.83. The molecule has 152 valence electrons. The second kappa shape index (κ2) is 5.76. The highest BCUT2D eigenvalue weighted by molar-refractivity contribution is 5.94. The van der Waals surface area contributed by atoms with E-state index in [2.05, 4.69) is 0 Å². The summed E-state index contributed by atoms with van der Waals surface area (Å²) in [6.45, 7) is 5.69. The lowest BCUT2D eigenvalue weighted by Gasteiger charge is -2.40. The number of fused-ring (bicyclic) bond motifs is 1. The Bertz CT molecular complexity index is 812. The number of rotatable bonds is 5. The van der Waals surface area contributed by atoms with Gasteiger partial charge in [0.1, 0.15) is 11.9 Å². The van der Waals surface area contributed by atoms with Crippen molar-refractivity contribution in [1.82, 2.24) is 0 Å². The number of cyclic esters (lactones) is 1. The minimum absolute atomic E-state index is 0.127. The van der Waals surface area contributed by atoms with E-state index in [1.54, 1.807) is 6.08 Å². The lowest BCUT2D eigenvalue weighted by molar-refractivity contribution is -0.167. The second-order valence-corrected chi connectivity index (χ2v) is 9.26. The van der Waals surface area contributed by atoms with Gasteiger partial charge in [0, 0.05) is 11.5 Å². The number of aliphatic hydroxyl groups is 2. The molecule has 4 rings (SSSR count). The van der Waals surface area contributed by atoms with Crippen LogP contribution in [0.1, 0.15) is 46.5 Å². The van der Waals surface area contributed by atoms with Crippen LogP contribution in [0.2, 0.25) is 0 Å². The Morgan fingerprint density at radius 3 is 2.75 bits per heavy atom. The Labute approximate surface area is 163 Å². The fourth-order valence-corrected chi connectivity index (χ4v) is 6.17. The lowest BCUT2D eigenvalue weighted by atomic mass is 9.65. The molecule has 0 bridgehead atoms. The molecule has 0 spiro atoms. The SMILES string of the molecule is CCC/C=C/OC(=O)[C@@H]1C(C)(C)C[C@H]2[C@]1(O)C=C(C=O)[C@]13C[C@]21C(=O)O[C@@H]3O. The first-order chi connectivity index (χ1) is 13.1. The van der Waals surface area contributed by atoms with E-state index in [0.29, 0.717) is 12.7 Å². The van der Waals surface area contributed by atoms with E-state index in [1.807, 2.05) is 20.8 Å². The molecule has 1 heterocycles. The van der Waals surface area contributed by atoms with Crippen molar-refractivity contribution in [3.63, 3.8) is 0 Å². The van der Waals surface area contributed by atoms with Crippen LogP contribution >= 0.6 is 0 Å². The number of allylic oxidation sites excluding steroid dienone is 1. The van der Waals surface area contributed by atoms with Gasteiger partial charge in [0.2, 0.25) is 6.29 Å². The van der Waals surface area contributed by atoms with Crippen LogP contribution in [-0.4, -0.2) is 40.3 Å². The third kappa shape index (κ3) is 2.04. The Balaban J connectivity index is 1.77. The first-order valence-electron chi connectivity index (χ1n) is 9.77. The maximum atomic E-state index is 12.9.